The molecule has 5 heteroatoms. The summed E-state index contributed by atoms with van der Waals surface area (Å²) in [5.74, 6) is 1.05. The maximum Gasteiger partial charge on any atom is 0.321 e. The van der Waals surface area contributed by atoms with Crippen LogP contribution < -0.4 is 0 Å². The van der Waals surface area contributed by atoms with E-state index in [2.05, 4.69) is 0 Å². The average Bonchev–Trinajstić information content (AvgIpc) is 2.19. The maximum absolute atomic E-state index is 10.9. The molecule has 14 heavy (non-hydrogen) atoms. The Morgan fingerprint density at radius 3 is 3.14 bits per heavy atom. The van der Waals surface area contributed by atoms with Crippen molar-refractivity contribution in [2.45, 2.75) is 12.5 Å². The van der Waals surface area contributed by atoms with Gasteiger partial charge in [-0.3, -0.25) is 9.69 Å². The minimum absolute atomic E-state index is 0.300. The van der Waals surface area contributed by atoms with E-state index in [9.17, 15) is 4.79 Å². The standard InChI is InChI=1S/C9H17NO3S/c1-13-5-2-3-10-4-6-14-7-8(10)9(11)12/h8H,2-7H2,1H3,(H,11,12). The number of rotatable bonds is 5. The van der Waals surface area contributed by atoms with E-state index >= 15 is 0 Å². The smallest absolute Gasteiger partial charge is 0.321 e. The van der Waals surface area contributed by atoms with Gasteiger partial charge in [-0.1, -0.05) is 0 Å². The Morgan fingerprint density at radius 1 is 1.71 bits per heavy atom. The van der Waals surface area contributed by atoms with Crippen LogP contribution in [-0.4, -0.2) is 60.3 Å². The second-order valence-corrected chi connectivity index (χ2v) is 4.46. The number of carboxylic acid groups (broad SMARTS) is 1. The van der Waals surface area contributed by atoms with Crippen molar-refractivity contribution in [3.05, 3.63) is 0 Å². The molecule has 1 atom stereocenters. The Kier molecular flexibility index (Phi) is 5.29. The van der Waals surface area contributed by atoms with Gasteiger partial charge >= 0.3 is 5.97 Å². The highest BCUT2D eigenvalue weighted by Gasteiger charge is 2.27. The van der Waals surface area contributed by atoms with Gasteiger partial charge < -0.3 is 9.84 Å². The van der Waals surface area contributed by atoms with Crippen LogP contribution >= 0.6 is 11.8 Å². The van der Waals surface area contributed by atoms with Gasteiger partial charge in [0.15, 0.2) is 0 Å². The first kappa shape index (κ1) is 11.8. The van der Waals surface area contributed by atoms with E-state index in [1.807, 2.05) is 4.90 Å². The van der Waals surface area contributed by atoms with Crippen LogP contribution in [0, 0.1) is 0 Å². The van der Waals surface area contributed by atoms with Crippen LogP contribution in [0.3, 0.4) is 0 Å². The lowest BCUT2D eigenvalue weighted by Gasteiger charge is -2.32. The molecule has 0 spiro atoms. The third-order valence-electron chi connectivity index (χ3n) is 2.32. The van der Waals surface area contributed by atoms with Crippen molar-refractivity contribution in [2.75, 3.05) is 38.3 Å². The van der Waals surface area contributed by atoms with E-state index in [0.29, 0.717) is 12.4 Å². The third kappa shape index (κ3) is 3.48. The van der Waals surface area contributed by atoms with Crippen molar-refractivity contribution < 1.29 is 14.6 Å². The molecule has 4 nitrogen and oxygen atoms in total. The van der Waals surface area contributed by atoms with Crippen LogP contribution in [0.1, 0.15) is 6.42 Å². The van der Waals surface area contributed by atoms with Gasteiger partial charge in [-0.05, 0) is 6.42 Å². The van der Waals surface area contributed by atoms with Crippen LogP contribution in [0.5, 0.6) is 0 Å². The molecule has 1 saturated heterocycles. The summed E-state index contributed by atoms with van der Waals surface area (Å²) < 4.78 is 4.95. The summed E-state index contributed by atoms with van der Waals surface area (Å²) >= 11 is 1.72. The van der Waals surface area contributed by atoms with E-state index in [4.69, 9.17) is 9.84 Å². The number of thioether (sulfide) groups is 1. The van der Waals surface area contributed by atoms with Gasteiger partial charge in [0.2, 0.25) is 0 Å². The lowest BCUT2D eigenvalue weighted by molar-refractivity contribution is -0.142. The molecule has 1 rings (SSSR count). The van der Waals surface area contributed by atoms with Gasteiger partial charge in [-0.2, -0.15) is 11.8 Å². The number of hydrogen-bond acceptors (Lipinski definition) is 4. The molecule has 0 radical (unpaired) electrons. The summed E-state index contributed by atoms with van der Waals surface area (Å²) in [7, 11) is 1.67. The molecular weight excluding hydrogens is 202 g/mol. The number of hydrogen-bond donors (Lipinski definition) is 1. The third-order valence-corrected chi connectivity index (χ3v) is 3.34. The molecule has 0 aliphatic carbocycles. The zero-order chi connectivity index (χ0) is 10.4. The monoisotopic (exact) mass is 219 g/mol. The quantitative estimate of drug-likeness (QED) is 0.683. The normalized spacial score (nSPS) is 23.6. The first-order chi connectivity index (χ1) is 6.75. The summed E-state index contributed by atoms with van der Waals surface area (Å²) in [4.78, 5) is 13.0. The van der Waals surface area contributed by atoms with Gasteiger partial charge in [0.1, 0.15) is 6.04 Å². The van der Waals surface area contributed by atoms with E-state index in [-0.39, 0.29) is 6.04 Å². The van der Waals surface area contributed by atoms with Crippen molar-refractivity contribution >= 4 is 17.7 Å². The maximum atomic E-state index is 10.9. The predicted molar refractivity (Wildman–Crippen MR) is 56.8 cm³/mol. The predicted octanol–water partition coefficient (Wildman–Crippen LogP) is 0.525. The van der Waals surface area contributed by atoms with E-state index < -0.39 is 5.97 Å². The van der Waals surface area contributed by atoms with E-state index in [1.54, 1.807) is 18.9 Å². The topological polar surface area (TPSA) is 49.8 Å². The molecule has 0 bridgehead atoms. The van der Waals surface area contributed by atoms with E-state index in [1.165, 1.54) is 0 Å². The van der Waals surface area contributed by atoms with Crippen LogP contribution in [0.2, 0.25) is 0 Å². The van der Waals surface area contributed by atoms with Crippen molar-refractivity contribution in [1.29, 1.82) is 0 Å². The van der Waals surface area contributed by atoms with Gasteiger partial charge in [0, 0.05) is 38.3 Å². The number of nitrogens with zero attached hydrogens (tertiary/aromatic N) is 1. The number of carbonyl (C=O) groups is 1. The fourth-order valence-electron chi connectivity index (χ4n) is 1.55. The minimum atomic E-state index is -0.699. The number of ether oxygens (including phenoxy) is 1. The average molecular weight is 219 g/mol. The largest absolute Gasteiger partial charge is 0.480 e. The molecule has 1 aliphatic heterocycles. The Bertz CT molecular complexity index is 189. The molecule has 1 fully saturated rings. The summed E-state index contributed by atoms with van der Waals surface area (Å²) in [6.45, 7) is 2.41. The molecular formula is C9H17NO3S. The van der Waals surface area contributed by atoms with Gasteiger partial charge in [0.05, 0.1) is 0 Å². The number of aliphatic carboxylic acids is 1. The lowest BCUT2D eigenvalue weighted by Crippen LogP contribution is -2.47. The summed E-state index contributed by atoms with van der Waals surface area (Å²) in [6.07, 6.45) is 0.908. The van der Waals surface area contributed by atoms with Crippen molar-refractivity contribution in [2.24, 2.45) is 0 Å². The highest BCUT2D eigenvalue weighted by molar-refractivity contribution is 7.99. The minimum Gasteiger partial charge on any atom is -0.480 e. The van der Waals surface area contributed by atoms with Crippen molar-refractivity contribution in [3.8, 4) is 0 Å². The molecule has 0 aromatic heterocycles. The number of carboxylic acids is 1. The summed E-state index contributed by atoms with van der Waals surface area (Å²) in [5.41, 5.74) is 0. The molecule has 82 valence electrons. The molecule has 0 aromatic carbocycles. The number of methoxy groups -OCH3 is 1. The Labute approximate surface area is 88.6 Å². The van der Waals surface area contributed by atoms with Crippen molar-refractivity contribution in [1.82, 2.24) is 4.90 Å². The second kappa shape index (κ2) is 6.27. The highest BCUT2D eigenvalue weighted by Crippen LogP contribution is 2.16. The SMILES string of the molecule is COCCCN1CCSCC1C(=O)O. The van der Waals surface area contributed by atoms with Crippen molar-refractivity contribution in [3.63, 3.8) is 0 Å². The van der Waals surface area contributed by atoms with Crippen LogP contribution in [0.4, 0.5) is 0 Å². The first-order valence-electron chi connectivity index (χ1n) is 4.79. The zero-order valence-electron chi connectivity index (χ0n) is 8.44. The molecule has 0 aromatic rings. The lowest BCUT2D eigenvalue weighted by atomic mass is 10.2. The van der Waals surface area contributed by atoms with Crippen LogP contribution in [-0.2, 0) is 9.53 Å². The molecule has 0 amide bonds. The van der Waals surface area contributed by atoms with Crippen LogP contribution in [0.25, 0.3) is 0 Å². The molecule has 1 N–H and O–H groups in total. The van der Waals surface area contributed by atoms with Gasteiger partial charge in [-0.25, -0.2) is 0 Å². The zero-order valence-corrected chi connectivity index (χ0v) is 9.26. The highest BCUT2D eigenvalue weighted by atomic mass is 32.2. The molecule has 1 aliphatic rings. The Hall–Kier alpha value is -0.260. The first-order valence-corrected chi connectivity index (χ1v) is 5.94. The summed E-state index contributed by atoms with van der Waals surface area (Å²) in [5, 5.41) is 8.98. The molecule has 1 heterocycles. The van der Waals surface area contributed by atoms with E-state index in [0.717, 1.165) is 25.3 Å². The van der Waals surface area contributed by atoms with Gasteiger partial charge in [-0.15, -0.1) is 0 Å². The summed E-state index contributed by atoms with van der Waals surface area (Å²) in [6, 6.07) is -0.300. The molecule has 1 unspecified atom stereocenters. The fourth-order valence-corrected chi connectivity index (χ4v) is 2.65. The Balaban J connectivity index is 2.34. The second-order valence-electron chi connectivity index (χ2n) is 3.31. The molecule has 0 saturated carbocycles. The van der Waals surface area contributed by atoms with Crippen LogP contribution in [0.15, 0.2) is 0 Å². The fraction of sp³-hybridized carbons (Fsp3) is 0.889. The Morgan fingerprint density at radius 2 is 2.50 bits per heavy atom. The van der Waals surface area contributed by atoms with Gasteiger partial charge in [0.25, 0.3) is 0 Å².